The SMILES string of the molecule is O=C(NCCC1CC1)[C@H]1CSCN1. The zero-order valence-corrected chi connectivity index (χ0v) is 8.53. The van der Waals surface area contributed by atoms with Crippen molar-refractivity contribution in [2.45, 2.75) is 25.3 Å². The number of thioether (sulfide) groups is 1. The zero-order valence-electron chi connectivity index (χ0n) is 7.71. The summed E-state index contributed by atoms with van der Waals surface area (Å²) in [6.45, 7) is 0.867. The number of rotatable bonds is 4. The summed E-state index contributed by atoms with van der Waals surface area (Å²) in [6.07, 6.45) is 3.91. The molecule has 2 N–H and O–H groups in total. The Morgan fingerprint density at radius 3 is 3.00 bits per heavy atom. The van der Waals surface area contributed by atoms with Crippen LogP contribution in [0.5, 0.6) is 0 Å². The van der Waals surface area contributed by atoms with Crippen LogP contribution in [0.3, 0.4) is 0 Å². The van der Waals surface area contributed by atoms with Crippen molar-refractivity contribution in [2.24, 2.45) is 5.92 Å². The van der Waals surface area contributed by atoms with E-state index >= 15 is 0 Å². The predicted octanol–water partition coefficient (Wildman–Crippen LogP) is 0.565. The lowest BCUT2D eigenvalue weighted by molar-refractivity contribution is -0.122. The van der Waals surface area contributed by atoms with Crippen molar-refractivity contribution in [2.75, 3.05) is 18.2 Å². The van der Waals surface area contributed by atoms with Crippen LogP contribution in [0.15, 0.2) is 0 Å². The minimum atomic E-state index is 0.0594. The molecule has 1 amide bonds. The molecule has 0 aromatic carbocycles. The maximum Gasteiger partial charge on any atom is 0.238 e. The second-order valence-corrected chi connectivity index (χ2v) is 4.83. The van der Waals surface area contributed by atoms with Gasteiger partial charge < -0.3 is 5.32 Å². The van der Waals surface area contributed by atoms with Gasteiger partial charge in [-0.2, -0.15) is 0 Å². The number of amides is 1. The Bertz CT molecular complexity index is 188. The summed E-state index contributed by atoms with van der Waals surface area (Å²) in [5, 5.41) is 6.14. The van der Waals surface area contributed by atoms with Gasteiger partial charge in [0, 0.05) is 18.2 Å². The topological polar surface area (TPSA) is 41.1 Å². The number of carbonyl (C=O) groups is 1. The summed E-state index contributed by atoms with van der Waals surface area (Å²) >= 11 is 1.79. The standard InChI is InChI=1S/C9H16N2OS/c12-9(8-5-13-6-11-8)10-4-3-7-1-2-7/h7-8,11H,1-6H2,(H,10,12)/t8-/m1/s1. The predicted molar refractivity (Wildman–Crippen MR) is 54.6 cm³/mol. The van der Waals surface area contributed by atoms with E-state index in [0.29, 0.717) is 0 Å². The lowest BCUT2D eigenvalue weighted by Crippen LogP contribution is -2.42. The molecule has 0 spiro atoms. The fourth-order valence-corrected chi connectivity index (χ4v) is 2.43. The second kappa shape index (κ2) is 4.33. The van der Waals surface area contributed by atoms with Gasteiger partial charge in [0.2, 0.25) is 5.91 Å². The summed E-state index contributed by atoms with van der Waals surface area (Å²) < 4.78 is 0. The average molecular weight is 200 g/mol. The van der Waals surface area contributed by atoms with E-state index in [0.717, 1.165) is 24.1 Å². The first-order chi connectivity index (χ1) is 6.36. The maximum absolute atomic E-state index is 11.5. The minimum absolute atomic E-state index is 0.0594. The van der Waals surface area contributed by atoms with Crippen molar-refractivity contribution < 1.29 is 4.79 Å². The van der Waals surface area contributed by atoms with Crippen LogP contribution in [0, 0.1) is 5.92 Å². The molecule has 74 valence electrons. The molecule has 1 aliphatic heterocycles. The average Bonchev–Trinajstić information content (AvgIpc) is 2.80. The van der Waals surface area contributed by atoms with Crippen LogP contribution in [0.25, 0.3) is 0 Å². The van der Waals surface area contributed by atoms with Crippen molar-refractivity contribution in [1.82, 2.24) is 10.6 Å². The first kappa shape index (κ1) is 9.34. The van der Waals surface area contributed by atoms with E-state index < -0.39 is 0 Å². The van der Waals surface area contributed by atoms with Gasteiger partial charge in [0.15, 0.2) is 0 Å². The van der Waals surface area contributed by atoms with E-state index in [9.17, 15) is 4.79 Å². The molecule has 13 heavy (non-hydrogen) atoms. The maximum atomic E-state index is 11.5. The molecule has 1 saturated carbocycles. The molecular weight excluding hydrogens is 184 g/mol. The fraction of sp³-hybridized carbons (Fsp3) is 0.889. The van der Waals surface area contributed by atoms with Gasteiger partial charge in [0.25, 0.3) is 0 Å². The third kappa shape index (κ3) is 2.88. The van der Waals surface area contributed by atoms with Crippen LogP contribution >= 0.6 is 11.8 Å². The molecule has 1 aliphatic carbocycles. The Morgan fingerprint density at radius 2 is 2.38 bits per heavy atom. The molecule has 1 heterocycles. The summed E-state index contributed by atoms with van der Waals surface area (Å²) in [6, 6.07) is 0.0594. The van der Waals surface area contributed by atoms with Crippen LogP contribution < -0.4 is 10.6 Å². The van der Waals surface area contributed by atoms with Gasteiger partial charge in [-0.25, -0.2) is 0 Å². The Morgan fingerprint density at radius 1 is 1.54 bits per heavy atom. The molecule has 2 fully saturated rings. The van der Waals surface area contributed by atoms with Crippen LogP contribution in [-0.2, 0) is 4.79 Å². The van der Waals surface area contributed by atoms with Gasteiger partial charge in [0.1, 0.15) is 0 Å². The summed E-state index contributed by atoms with van der Waals surface area (Å²) in [4.78, 5) is 11.5. The van der Waals surface area contributed by atoms with Crippen LogP contribution in [-0.4, -0.2) is 30.1 Å². The smallest absolute Gasteiger partial charge is 0.238 e. The van der Waals surface area contributed by atoms with E-state index in [2.05, 4.69) is 10.6 Å². The van der Waals surface area contributed by atoms with Crippen LogP contribution in [0.4, 0.5) is 0 Å². The van der Waals surface area contributed by atoms with E-state index in [1.54, 1.807) is 11.8 Å². The number of hydrogen-bond donors (Lipinski definition) is 2. The Balaban J connectivity index is 1.59. The van der Waals surface area contributed by atoms with Crippen LogP contribution in [0.1, 0.15) is 19.3 Å². The molecule has 1 saturated heterocycles. The minimum Gasteiger partial charge on any atom is -0.355 e. The van der Waals surface area contributed by atoms with Crippen molar-refractivity contribution in [3.8, 4) is 0 Å². The first-order valence-electron chi connectivity index (χ1n) is 4.95. The highest BCUT2D eigenvalue weighted by Gasteiger charge is 2.24. The molecule has 3 nitrogen and oxygen atoms in total. The summed E-state index contributed by atoms with van der Waals surface area (Å²) in [7, 11) is 0. The van der Waals surface area contributed by atoms with Gasteiger partial charge >= 0.3 is 0 Å². The Labute approximate surface area is 83.0 Å². The van der Waals surface area contributed by atoms with Gasteiger partial charge in [-0.05, 0) is 12.3 Å². The second-order valence-electron chi connectivity index (χ2n) is 3.79. The molecule has 0 radical (unpaired) electrons. The molecule has 0 aromatic heterocycles. The quantitative estimate of drug-likeness (QED) is 0.697. The Kier molecular flexibility index (Phi) is 3.11. The lowest BCUT2D eigenvalue weighted by atomic mass is 10.2. The van der Waals surface area contributed by atoms with E-state index in [1.807, 2.05) is 0 Å². The molecule has 0 bridgehead atoms. The largest absolute Gasteiger partial charge is 0.355 e. The van der Waals surface area contributed by atoms with E-state index in [4.69, 9.17) is 0 Å². The molecule has 1 atom stereocenters. The zero-order chi connectivity index (χ0) is 9.10. The highest BCUT2D eigenvalue weighted by molar-refractivity contribution is 7.99. The first-order valence-corrected chi connectivity index (χ1v) is 6.10. The summed E-state index contributed by atoms with van der Waals surface area (Å²) in [5.74, 6) is 2.94. The third-order valence-corrected chi connectivity index (χ3v) is 3.52. The van der Waals surface area contributed by atoms with Crippen LogP contribution in [0.2, 0.25) is 0 Å². The number of carbonyl (C=O) groups excluding carboxylic acids is 1. The molecule has 4 heteroatoms. The van der Waals surface area contributed by atoms with E-state index in [1.165, 1.54) is 19.3 Å². The summed E-state index contributed by atoms with van der Waals surface area (Å²) in [5.41, 5.74) is 0. The fourth-order valence-electron chi connectivity index (χ4n) is 1.49. The molecule has 0 aromatic rings. The van der Waals surface area contributed by atoms with Crippen molar-refractivity contribution >= 4 is 17.7 Å². The van der Waals surface area contributed by atoms with Gasteiger partial charge in [-0.3, -0.25) is 10.1 Å². The van der Waals surface area contributed by atoms with Crippen molar-refractivity contribution in [3.63, 3.8) is 0 Å². The molecule has 2 rings (SSSR count). The molecular formula is C9H16N2OS. The highest BCUT2D eigenvalue weighted by Crippen LogP contribution is 2.31. The lowest BCUT2D eigenvalue weighted by Gasteiger charge is -2.09. The van der Waals surface area contributed by atoms with Gasteiger partial charge in [0.05, 0.1) is 6.04 Å². The molecule has 0 unspecified atom stereocenters. The van der Waals surface area contributed by atoms with Gasteiger partial charge in [-0.15, -0.1) is 11.8 Å². The van der Waals surface area contributed by atoms with E-state index in [-0.39, 0.29) is 11.9 Å². The normalized spacial score (nSPS) is 27.5. The molecule has 2 aliphatic rings. The van der Waals surface area contributed by atoms with Crippen molar-refractivity contribution in [1.29, 1.82) is 0 Å². The number of nitrogens with one attached hydrogen (secondary N) is 2. The van der Waals surface area contributed by atoms with Gasteiger partial charge in [-0.1, -0.05) is 12.8 Å². The Hall–Kier alpha value is -0.220. The van der Waals surface area contributed by atoms with Crippen molar-refractivity contribution in [3.05, 3.63) is 0 Å². The monoisotopic (exact) mass is 200 g/mol. The number of hydrogen-bond acceptors (Lipinski definition) is 3. The third-order valence-electron chi connectivity index (χ3n) is 2.58. The highest BCUT2D eigenvalue weighted by atomic mass is 32.2.